The molecule has 2 aromatic rings. The zero-order valence-electron chi connectivity index (χ0n) is 11.7. The van der Waals surface area contributed by atoms with Crippen LogP contribution in [0.4, 0.5) is 0 Å². The quantitative estimate of drug-likeness (QED) is 0.632. The molecule has 0 aliphatic carbocycles. The summed E-state index contributed by atoms with van der Waals surface area (Å²) < 4.78 is 30.5. The van der Waals surface area contributed by atoms with Crippen molar-refractivity contribution in [2.24, 2.45) is 0 Å². The minimum Gasteiger partial charge on any atom is -0.494 e. The number of hydrogen-bond acceptors (Lipinski definition) is 4. The SMILES string of the molecule is CO/C(=C(\C#N)S(=O)(=O)c1ccc(Cl)cc1)c1ccccc1. The summed E-state index contributed by atoms with van der Waals surface area (Å²) in [6.07, 6.45) is 0. The third-order valence-corrected chi connectivity index (χ3v) is 4.90. The molecule has 0 radical (unpaired) electrons. The van der Waals surface area contributed by atoms with E-state index < -0.39 is 14.7 Å². The summed E-state index contributed by atoms with van der Waals surface area (Å²) in [5.41, 5.74) is 0.513. The summed E-state index contributed by atoms with van der Waals surface area (Å²) >= 11 is 5.76. The van der Waals surface area contributed by atoms with Gasteiger partial charge in [-0.2, -0.15) is 5.26 Å². The van der Waals surface area contributed by atoms with E-state index in [1.165, 1.54) is 31.4 Å². The van der Waals surface area contributed by atoms with Gasteiger partial charge in [-0.1, -0.05) is 41.9 Å². The Morgan fingerprint density at radius 3 is 2.18 bits per heavy atom. The van der Waals surface area contributed by atoms with Gasteiger partial charge in [0.05, 0.1) is 12.0 Å². The van der Waals surface area contributed by atoms with Crippen molar-refractivity contribution in [3.8, 4) is 6.07 Å². The second-order valence-corrected chi connectivity index (χ2v) is 6.62. The maximum Gasteiger partial charge on any atom is 0.220 e. The first-order chi connectivity index (χ1) is 10.5. The molecular formula is C16H12ClNO3S. The van der Waals surface area contributed by atoms with Crippen molar-refractivity contribution >= 4 is 27.2 Å². The van der Waals surface area contributed by atoms with E-state index in [1.54, 1.807) is 36.4 Å². The molecule has 22 heavy (non-hydrogen) atoms. The van der Waals surface area contributed by atoms with Crippen LogP contribution in [0.25, 0.3) is 5.76 Å². The van der Waals surface area contributed by atoms with Crippen LogP contribution in [0, 0.1) is 11.3 Å². The second kappa shape index (κ2) is 6.65. The van der Waals surface area contributed by atoms with Gasteiger partial charge in [0.15, 0.2) is 10.7 Å². The molecule has 0 spiro atoms. The monoisotopic (exact) mass is 333 g/mol. The van der Waals surface area contributed by atoms with Crippen LogP contribution in [0.15, 0.2) is 64.4 Å². The number of halogens is 1. The Morgan fingerprint density at radius 1 is 1.09 bits per heavy atom. The van der Waals surface area contributed by atoms with Crippen molar-refractivity contribution in [1.29, 1.82) is 5.26 Å². The van der Waals surface area contributed by atoms with Crippen molar-refractivity contribution in [3.63, 3.8) is 0 Å². The van der Waals surface area contributed by atoms with Gasteiger partial charge in [-0.15, -0.1) is 0 Å². The van der Waals surface area contributed by atoms with Gasteiger partial charge >= 0.3 is 0 Å². The van der Waals surface area contributed by atoms with Crippen molar-refractivity contribution < 1.29 is 13.2 Å². The molecule has 6 heteroatoms. The average Bonchev–Trinajstić information content (AvgIpc) is 2.53. The summed E-state index contributed by atoms with van der Waals surface area (Å²) in [6, 6.07) is 16.0. The molecule has 0 heterocycles. The minimum atomic E-state index is -3.99. The molecule has 2 aromatic carbocycles. The maximum atomic E-state index is 12.6. The lowest BCUT2D eigenvalue weighted by Crippen LogP contribution is -2.07. The van der Waals surface area contributed by atoms with Gasteiger partial charge in [-0.25, -0.2) is 8.42 Å². The van der Waals surface area contributed by atoms with Crippen molar-refractivity contribution in [1.82, 2.24) is 0 Å². The van der Waals surface area contributed by atoms with Crippen LogP contribution in [0.3, 0.4) is 0 Å². The highest BCUT2D eigenvalue weighted by molar-refractivity contribution is 7.95. The Morgan fingerprint density at radius 2 is 1.68 bits per heavy atom. The number of benzene rings is 2. The number of hydrogen-bond donors (Lipinski definition) is 0. The summed E-state index contributed by atoms with van der Waals surface area (Å²) in [4.78, 5) is -0.456. The van der Waals surface area contributed by atoms with Gasteiger partial charge < -0.3 is 4.74 Å². The summed E-state index contributed by atoms with van der Waals surface area (Å²) in [5, 5.41) is 9.76. The average molecular weight is 334 g/mol. The highest BCUT2D eigenvalue weighted by atomic mass is 35.5. The lowest BCUT2D eigenvalue weighted by Gasteiger charge is -2.10. The first kappa shape index (κ1) is 16.1. The Kier molecular flexibility index (Phi) is 4.86. The topological polar surface area (TPSA) is 67.2 Å². The molecular weight excluding hydrogens is 322 g/mol. The van der Waals surface area contributed by atoms with Crippen LogP contribution in [-0.2, 0) is 14.6 Å². The van der Waals surface area contributed by atoms with Gasteiger partial charge in [0.2, 0.25) is 9.84 Å². The van der Waals surface area contributed by atoms with Crippen molar-refractivity contribution in [2.45, 2.75) is 4.90 Å². The largest absolute Gasteiger partial charge is 0.494 e. The molecule has 0 unspecified atom stereocenters. The van der Waals surface area contributed by atoms with E-state index in [2.05, 4.69) is 0 Å². The van der Waals surface area contributed by atoms with Gasteiger partial charge in [0.25, 0.3) is 0 Å². The number of allylic oxidation sites excluding steroid dienone is 1. The first-order valence-corrected chi connectivity index (χ1v) is 8.11. The van der Waals surface area contributed by atoms with Crippen LogP contribution in [0.2, 0.25) is 5.02 Å². The van der Waals surface area contributed by atoms with Crippen LogP contribution in [0.5, 0.6) is 0 Å². The van der Waals surface area contributed by atoms with Crippen LogP contribution >= 0.6 is 11.6 Å². The molecule has 0 bridgehead atoms. The third kappa shape index (κ3) is 3.14. The van der Waals surface area contributed by atoms with E-state index >= 15 is 0 Å². The molecule has 0 saturated heterocycles. The molecule has 0 fully saturated rings. The summed E-state index contributed by atoms with van der Waals surface area (Å²) in [7, 11) is -2.66. The van der Waals surface area contributed by atoms with E-state index in [0.717, 1.165) is 0 Å². The van der Waals surface area contributed by atoms with Gasteiger partial charge in [-0.3, -0.25) is 0 Å². The maximum absolute atomic E-state index is 12.6. The van der Waals surface area contributed by atoms with Gasteiger partial charge in [0, 0.05) is 10.6 Å². The number of nitrogens with zero attached hydrogens (tertiary/aromatic N) is 1. The number of sulfone groups is 1. The predicted molar refractivity (Wildman–Crippen MR) is 84.6 cm³/mol. The summed E-state index contributed by atoms with van der Waals surface area (Å²) in [5.74, 6) is 0.0121. The zero-order chi connectivity index (χ0) is 16.2. The number of rotatable bonds is 4. The Hall–Kier alpha value is -2.29. The van der Waals surface area contributed by atoms with Gasteiger partial charge in [-0.05, 0) is 24.3 Å². The smallest absolute Gasteiger partial charge is 0.220 e. The number of nitriles is 1. The van der Waals surface area contributed by atoms with E-state index in [9.17, 15) is 13.7 Å². The van der Waals surface area contributed by atoms with Crippen molar-refractivity contribution in [2.75, 3.05) is 7.11 Å². The normalized spacial score (nSPS) is 12.2. The lowest BCUT2D eigenvalue weighted by atomic mass is 10.2. The molecule has 4 nitrogen and oxygen atoms in total. The Balaban J connectivity index is 2.66. The standard InChI is InChI=1S/C16H12ClNO3S/c1-21-16(12-5-3-2-4-6-12)15(11-18)22(19,20)14-9-7-13(17)8-10-14/h2-10H,1H3/b16-15+. The molecule has 0 N–H and O–H groups in total. The molecule has 0 amide bonds. The fourth-order valence-corrected chi connectivity index (χ4v) is 3.32. The molecule has 0 aromatic heterocycles. The fourth-order valence-electron chi connectivity index (χ4n) is 1.90. The molecule has 0 aliphatic heterocycles. The van der Waals surface area contributed by atoms with E-state index in [1.807, 2.05) is 0 Å². The van der Waals surface area contributed by atoms with Crippen LogP contribution < -0.4 is 0 Å². The Labute approximate surface area is 134 Å². The highest BCUT2D eigenvalue weighted by Crippen LogP contribution is 2.28. The molecule has 0 atom stereocenters. The predicted octanol–water partition coefficient (Wildman–Crippen LogP) is 3.65. The second-order valence-electron chi connectivity index (χ2n) is 4.30. The molecule has 0 aliphatic rings. The first-order valence-electron chi connectivity index (χ1n) is 6.25. The number of ether oxygens (including phenoxy) is 1. The lowest BCUT2D eigenvalue weighted by molar-refractivity contribution is 0.369. The van der Waals surface area contributed by atoms with Crippen LogP contribution in [0.1, 0.15) is 5.56 Å². The summed E-state index contributed by atoms with van der Waals surface area (Å²) in [6.45, 7) is 0. The van der Waals surface area contributed by atoms with Crippen LogP contribution in [-0.4, -0.2) is 15.5 Å². The van der Waals surface area contributed by atoms with Gasteiger partial charge in [0.1, 0.15) is 6.07 Å². The fraction of sp³-hybridized carbons (Fsp3) is 0.0625. The molecule has 112 valence electrons. The Bertz CT molecular complexity index is 835. The number of methoxy groups -OCH3 is 1. The highest BCUT2D eigenvalue weighted by Gasteiger charge is 2.26. The molecule has 2 rings (SSSR count). The van der Waals surface area contributed by atoms with Crippen molar-refractivity contribution in [3.05, 3.63) is 70.1 Å². The molecule has 0 saturated carbocycles. The third-order valence-electron chi connectivity index (χ3n) is 2.94. The van der Waals surface area contributed by atoms with E-state index in [0.29, 0.717) is 10.6 Å². The van der Waals surface area contributed by atoms with E-state index in [4.69, 9.17) is 16.3 Å². The zero-order valence-corrected chi connectivity index (χ0v) is 13.2. The van der Waals surface area contributed by atoms with E-state index in [-0.39, 0.29) is 10.7 Å². The minimum absolute atomic E-state index is 0.0121.